The number of esters is 2. The van der Waals surface area contributed by atoms with Gasteiger partial charge in [-0.15, -0.1) is 0 Å². The summed E-state index contributed by atoms with van der Waals surface area (Å²) in [6, 6.07) is 3.84. The van der Waals surface area contributed by atoms with Crippen molar-refractivity contribution >= 4 is 41.2 Å². The molecule has 2 rings (SSSR count). The molecule has 0 spiro atoms. The molecule has 1 heterocycles. The van der Waals surface area contributed by atoms with E-state index >= 15 is 0 Å². The molecule has 24 heavy (non-hydrogen) atoms. The highest BCUT2D eigenvalue weighted by molar-refractivity contribution is 6.36. The molecule has 0 aromatic heterocycles. The number of carbonyl (C=O) groups excluding carboxylic acids is 3. The second-order valence-electron chi connectivity index (χ2n) is 4.69. The maximum absolute atomic E-state index is 12.1. The average molecular weight is 373 g/mol. The van der Waals surface area contributed by atoms with Crippen LogP contribution >= 0.6 is 23.2 Å². The van der Waals surface area contributed by atoms with Crippen LogP contribution in [0.1, 0.15) is 17.3 Å². The zero-order valence-corrected chi connectivity index (χ0v) is 14.2. The molecule has 128 valence electrons. The normalized spacial score (nSPS) is 13.9. The van der Waals surface area contributed by atoms with Crippen LogP contribution in [0.15, 0.2) is 29.5 Å². The van der Waals surface area contributed by atoms with Crippen molar-refractivity contribution in [1.82, 2.24) is 10.6 Å². The van der Waals surface area contributed by atoms with E-state index in [4.69, 9.17) is 32.7 Å². The minimum absolute atomic E-state index is 0.0146. The zero-order chi connectivity index (χ0) is 17.7. The van der Waals surface area contributed by atoms with Crippen LogP contribution in [0.3, 0.4) is 0 Å². The second-order valence-corrected chi connectivity index (χ2v) is 5.53. The van der Waals surface area contributed by atoms with Crippen LogP contribution in [0.4, 0.5) is 4.79 Å². The summed E-state index contributed by atoms with van der Waals surface area (Å²) < 4.78 is 10.0. The summed E-state index contributed by atoms with van der Waals surface area (Å²) >= 11 is 11.7. The van der Waals surface area contributed by atoms with Crippen LogP contribution in [0.5, 0.6) is 0 Å². The van der Waals surface area contributed by atoms with Crippen LogP contribution in [0.25, 0.3) is 0 Å². The number of amides is 2. The summed E-state index contributed by atoms with van der Waals surface area (Å²) in [5.41, 5.74) is 0.474. The van der Waals surface area contributed by atoms with Crippen molar-refractivity contribution < 1.29 is 23.9 Å². The standard InChI is InChI=1S/C15H14Cl2N2O5/c1-2-23-14(21)10-6-18-15(22)19-12(10)7-24-13(20)9-4-3-8(16)5-11(9)17/h3-5H,2,6-7H2,1H3,(H2,18,19,22). The number of ether oxygens (including phenoxy) is 2. The molecule has 0 radical (unpaired) electrons. The Bertz CT molecular complexity index is 718. The summed E-state index contributed by atoms with van der Waals surface area (Å²) in [5, 5.41) is 5.41. The van der Waals surface area contributed by atoms with E-state index in [9.17, 15) is 14.4 Å². The van der Waals surface area contributed by atoms with Gasteiger partial charge in [0.2, 0.25) is 0 Å². The maximum atomic E-state index is 12.1. The highest BCUT2D eigenvalue weighted by Crippen LogP contribution is 2.22. The monoisotopic (exact) mass is 372 g/mol. The fraction of sp³-hybridized carbons (Fsp3) is 0.267. The van der Waals surface area contributed by atoms with Gasteiger partial charge in [0.05, 0.1) is 35.0 Å². The number of rotatable bonds is 5. The van der Waals surface area contributed by atoms with Crippen molar-refractivity contribution in [2.75, 3.05) is 19.8 Å². The van der Waals surface area contributed by atoms with Crippen molar-refractivity contribution in [3.8, 4) is 0 Å². The van der Waals surface area contributed by atoms with E-state index in [1.807, 2.05) is 0 Å². The first kappa shape index (κ1) is 18.1. The van der Waals surface area contributed by atoms with Gasteiger partial charge in [-0.05, 0) is 25.1 Å². The number of hydrogen-bond acceptors (Lipinski definition) is 5. The van der Waals surface area contributed by atoms with E-state index in [2.05, 4.69) is 10.6 Å². The molecule has 1 aliphatic rings. The van der Waals surface area contributed by atoms with Crippen LogP contribution in [-0.4, -0.2) is 37.7 Å². The fourth-order valence-corrected chi connectivity index (χ4v) is 2.42. The van der Waals surface area contributed by atoms with Crippen LogP contribution in [-0.2, 0) is 14.3 Å². The first-order valence-electron chi connectivity index (χ1n) is 6.98. The fourth-order valence-electron chi connectivity index (χ4n) is 1.94. The van der Waals surface area contributed by atoms with E-state index in [0.29, 0.717) is 5.02 Å². The third-order valence-electron chi connectivity index (χ3n) is 3.07. The molecular formula is C15H14Cl2N2O5. The van der Waals surface area contributed by atoms with Gasteiger partial charge in [-0.25, -0.2) is 14.4 Å². The van der Waals surface area contributed by atoms with Gasteiger partial charge in [-0.1, -0.05) is 23.2 Å². The predicted molar refractivity (Wildman–Crippen MR) is 86.9 cm³/mol. The van der Waals surface area contributed by atoms with E-state index < -0.39 is 18.0 Å². The van der Waals surface area contributed by atoms with Gasteiger partial charge in [0.25, 0.3) is 0 Å². The molecule has 7 nitrogen and oxygen atoms in total. The minimum atomic E-state index is -0.708. The van der Waals surface area contributed by atoms with Crippen molar-refractivity contribution in [2.45, 2.75) is 6.92 Å². The molecule has 2 amide bonds. The lowest BCUT2D eigenvalue weighted by molar-refractivity contribution is -0.138. The maximum Gasteiger partial charge on any atom is 0.340 e. The van der Waals surface area contributed by atoms with E-state index in [1.54, 1.807) is 6.92 Å². The topological polar surface area (TPSA) is 93.7 Å². The molecule has 0 saturated carbocycles. The van der Waals surface area contributed by atoms with E-state index in [1.165, 1.54) is 18.2 Å². The van der Waals surface area contributed by atoms with E-state index in [0.717, 1.165) is 0 Å². The number of nitrogens with one attached hydrogen (secondary N) is 2. The van der Waals surface area contributed by atoms with Crippen molar-refractivity contribution in [1.29, 1.82) is 0 Å². The molecule has 9 heteroatoms. The largest absolute Gasteiger partial charge is 0.463 e. The molecule has 2 N–H and O–H groups in total. The van der Waals surface area contributed by atoms with Crippen molar-refractivity contribution in [3.63, 3.8) is 0 Å². The molecule has 0 unspecified atom stereocenters. The Balaban J connectivity index is 2.13. The summed E-state index contributed by atoms with van der Waals surface area (Å²) in [6.45, 7) is 1.53. The lowest BCUT2D eigenvalue weighted by Crippen LogP contribution is -2.45. The number of benzene rings is 1. The first-order valence-corrected chi connectivity index (χ1v) is 7.74. The Morgan fingerprint density at radius 1 is 1.21 bits per heavy atom. The Kier molecular flexibility index (Phi) is 6.05. The number of hydrogen-bond donors (Lipinski definition) is 2. The number of halogens is 2. The summed E-state index contributed by atoms with van der Waals surface area (Å²) in [5.74, 6) is -1.30. The smallest absolute Gasteiger partial charge is 0.340 e. The summed E-state index contributed by atoms with van der Waals surface area (Å²) in [7, 11) is 0. The Morgan fingerprint density at radius 3 is 2.62 bits per heavy atom. The van der Waals surface area contributed by atoms with Gasteiger partial charge in [0, 0.05) is 5.02 Å². The molecule has 0 aliphatic carbocycles. The van der Waals surface area contributed by atoms with Gasteiger partial charge in [0.1, 0.15) is 6.61 Å². The molecule has 0 bridgehead atoms. The third-order valence-corrected chi connectivity index (χ3v) is 3.62. The number of urea groups is 1. The SMILES string of the molecule is CCOC(=O)C1=C(COC(=O)c2ccc(Cl)cc2Cl)NC(=O)NC1. The second kappa shape index (κ2) is 8.03. The zero-order valence-electron chi connectivity index (χ0n) is 12.7. The van der Waals surface area contributed by atoms with Gasteiger partial charge in [-0.2, -0.15) is 0 Å². The lowest BCUT2D eigenvalue weighted by atomic mass is 10.1. The molecule has 0 atom stereocenters. The first-order chi connectivity index (χ1) is 11.4. The summed E-state index contributed by atoms with van der Waals surface area (Å²) in [6.07, 6.45) is 0. The average Bonchev–Trinajstić information content (AvgIpc) is 2.52. The van der Waals surface area contributed by atoms with Gasteiger partial charge < -0.3 is 20.1 Å². The highest BCUT2D eigenvalue weighted by Gasteiger charge is 2.25. The summed E-state index contributed by atoms with van der Waals surface area (Å²) in [4.78, 5) is 35.4. The van der Waals surface area contributed by atoms with Crippen molar-refractivity contribution in [2.24, 2.45) is 0 Å². The quantitative estimate of drug-likeness (QED) is 0.773. The number of carbonyl (C=O) groups is 3. The minimum Gasteiger partial charge on any atom is -0.463 e. The molecule has 1 aromatic carbocycles. The van der Waals surface area contributed by atoms with Crippen LogP contribution in [0, 0.1) is 0 Å². The molecule has 1 aliphatic heterocycles. The van der Waals surface area contributed by atoms with Crippen LogP contribution in [0.2, 0.25) is 10.0 Å². The highest BCUT2D eigenvalue weighted by atomic mass is 35.5. The Labute approximate surface area is 147 Å². The van der Waals surface area contributed by atoms with Gasteiger partial charge in [0.15, 0.2) is 0 Å². The van der Waals surface area contributed by atoms with Crippen LogP contribution < -0.4 is 10.6 Å². The Morgan fingerprint density at radius 2 is 1.96 bits per heavy atom. The molecular weight excluding hydrogens is 359 g/mol. The molecule has 0 saturated heterocycles. The van der Waals surface area contributed by atoms with Gasteiger partial charge >= 0.3 is 18.0 Å². The lowest BCUT2D eigenvalue weighted by Gasteiger charge is -2.21. The third kappa shape index (κ3) is 4.39. The van der Waals surface area contributed by atoms with Gasteiger partial charge in [-0.3, -0.25) is 0 Å². The Hall–Kier alpha value is -2.25. The molecule has 0 fully saturated rings. The predicted octanol–water partition coefficient (Wildman–Crippen LogP) is 2.28. The van der Waals surface area contributed by atoms with E-state index in [-0.39, 0.29) is 41.6 Å². The molecule has 1 aromatic rings. The van der Waals surface area contributed by atoms with Crippen molar-refractivity contribution in [3.05, 3.63) is 45.1 Å².